The molecule has 0 N–H and O–H groups in total. The SMILES string of the molecule is CC(=O)CC(=O)C(C)CC1=CCCC=C1. The van der Waals surface area contributed by atoms with Crippen LogP contribution in [0.4, 0.5) is 0 Å². The molecule has 1 rings (SSSR count). The number of rotatable bonds is 5. The number of ketones is 2. The Bertz CT molecular complexity index is 310. The van der Waals surface area contributed by atoms with Crippen LogP contribution < -0.4 is 0 Å². The highest BCUT2D eigenvalue weighted by Gasteiger charge is 2.15. The van der Waals surface area contributed by atoms with Crippen LogP contribution in [0.5, 0.6) is 0 Å². The van der Waals surface area contributed by atoms with E-state index in [2.05, 4.69) is 18.2 Å². The van der Waals surface area contributed by atoms with Gasteiger partial charge in [-0.1, -0.05) is 30.7 Å². The van der Waals surface area contributed by atoms with Crippen LogP contribution in [0, 0.1) is 5.92 Å². The van der Waals surface area contributed by atoms with Gasteiger partial charge in [-0.25, -0.2) is 0 Å². The van der Waals surface area contributed by atoms with Gasteiger partial charge in [-0.05, 0) is 26.2 Å². The van der Waals surface area contributed by atoms with Crippen molar-refractivity contribution in [3.8, 4) is 0 Å². The zero-order chi connectivity index (χ0) is 11.3. The Morgan fingerprint density at radius 2 is 2.13 bits per heavy atom. The molecule has 0 aromatic heterocycles. The smallest absolute Gasteiger partial charge is 0.143 e. The van der Waals surface area contributed by atoms with Crippen LogP contribution in [0.15, 0.2) is 23.8 Å². The lowest BCUT2D eigenvalue weighted by molar-refractivity contribution is -0.128. The molecular weight excluding hydrogens is 188 g/mol. The van der Waals surface area contributed by atoms with Crippen molar-refractivity contribution in [2.45, 2.75) is 39.5 Å². The molecule has 1 aliphatic rings. The van der Waals surface area contributed by atoms with Crippen LogP contribution in [0.3, 0.4) is 0 Å². The molecular formula is C13H18O2. The molecule has 0 aromatic rings. The third-order valence-electron chi connectivity index (χ3n) is 2.59. The minimum Gasteiger partial charge on any atom is -0.300 e. The third-order valence-corrected chi connectivity index (χ3v) is 2.59. The van der Waals surface area contributed by atoms with Gasteiger partial charge < -0.3 is 0 Å². The molecule has 0 aromatic carbocycles. The third kappa shape index (κ3) is 4.24. The van der Waals surface area contributed by atoms with Crippen molar-refractivity contribution in [3.05, 3.63) is 23.8 Å². The summed E-state index contributed by atoms with van der Waals surface area (Å²) in [4.78, 5) is 22.4. The molecule has 2 nitrogen and oxygen atoms in total. The van der Waals surface area contributed by atoms with Crippen LogP contribution in [-0.4, -0.2) is 11.6 Å². The molecule has 0 radical (unpaired) electrons. The normalized spacial score (nSPS) is 17.1. The molecule has 0 amide bonds. The first-order valence-electron chi connectivity index (χ1n) is 5.47. The van der Waals surface area contributed by atoms with Crippen molar-refractivity contribution in [3.63, 3.8) is 0 Å². The molecule has 0 saturated heterocycles. The number of carbonyl (C=O) groups is 2. The highest BCUT2D eigenvalue weighted by Crippen LogP contribution is 2.19. The molecule has 0 heterocycles. The molecule has 0 spiro atoms. The first-order chi connectivity index (χ1) is 7.09. The fourth-order valence-electron chi connectivity index (χ4n) is 1.71. The van der Waals surface area contributed by atoms with Gasteiger partial charge in [-0.15, -0.1) is 0 Å². The molecule has 2 heteroatoms. The Labute approximate surface area is 91.1 Å². The Hall–Kier alpha value is -1.18. The van der Waals surface area contributed by atoms with Crippen LogP contribution in [0.1, 0.15) is 39.5 Å². The average Bonchev–Trinajstić information content (AvgIpc) is 2.18. The lowest BCUT2D eigenvalue weighted by Crippen LogP contribution is -2.14. The lowest BCUT2D eigenvalue weighted by Gasteiger charge is -2.12. The molecule has 15 heavy (non-hydrogen) atoms. The number of hydrogen-bond acceptors (Lipinski definition) is 2. The van der Waals surface area contributed by atoms with Crippen molar-refractivity contribution < 1.29 is 9.59 Å². The van der Waals surface area contributed by atoms with Crippen molar-refractivity contribution in [1.29, 1.82) is 0 Å². The fourth-order valence-corrected chi connectivity index (χ4v) is 1.71. The molecule has 0 aliphatic heterocycles. The van der Waals surface area contributed by atoms with Gasteiger partial charge in [0.2, 0.25) is 0 Å². The van der Waals surface area contributed by atoms with Crippen molar-refractivity contribution in [1.82, 2.24) is 0 Å². The fraction of sp³-hybridized carbons (Fsp3) is 0.538. The zero-order valence-electron chi connectivity index (χ0n) is 9.45. The topological polar surface area (TPSA) is 34.1 Å². The molecule has 1 atom stereocenters. The van der Waals surface area contributed by atoms with E-state index >= 15 is 0 Å². The summed E-state index contributed by atoms with van der Waals surface area (Å²) >= 11 is 0. The second-order valence-electron chi connectivity index (χ2n) is 4.21. The van der Waals surface area contributed by atoms with E-state index in [1.807, 2.05) is 6.92 Å². The van der Waals surface area contributed by atoms with E-state index in [1.165, 1.54) is 12.5 Å². The molecule has 1 aliphatic carbocycles. The molecule has 0 saturated carbocycles. The van der Waals surface area contributed by atoms with Gasteiger partial charge >= 0.3 is 0 Å². The molecule has 1 unspecified atom stereocenters. The Balaban J connectivity index is 2.44. The average molecular weight is 206 g/mol. The van der Waals surface area contributed by atoms with E-state index in [9.17, 15) is 9.59 Å². The number of Topliss-reactive ketones (excluding diaryl/α,β-unsaturated/α-hetero) is 2. The minimum absolute atomic E-state index is 0.0390. The summed E-state index contributed by atoms with van der Waals surface area (Å²) in [6.45, 7) is 3.36. The highest BCUT2D eigenvalue weighted by atomic mass is 16.1. The summed E-state index contributed by atoms with van der Waals surface area (Å²) < 4.78 is 0. The van der Waals surface area contributed by atoms with E-state index in [-0.39, 0.29) is 23.9 Å². The highest BCUT2D eigenvalue weighted by molar-refractivity contribution is 5.98. The summed E-state index contributed by atoms with van der Waals surface area (Å²) in [7, 11) is 0. The maximum absolute atomic E-state index is 11.6. The summed E-state index contributed by atoms with van der Waals surface area (Å²) in [6, 6.07) is 0. The summed E-state index contributed by atoms with van der Waals surface area (Å²) in [5.41, 5.74) is 1.23. The zero-order valence-corrected chi connectivity index (χ0v) is 9.45. The molecule has 0 bridgehead atoms. The maximum Gasteiger partial charge on any atom is 0.143 e. The van der Waals surface area contributed by atoms with E-state index in [4.69, 9.17) is 0 Å². The summed E-state index contributed by atoms with van der Waals surface area (Å²) in [5.74, 6) is -0.0229. The van der Waals surface area contributed by atoms with Crippen LogP contribution in [0.25, 0.3) is 0 Å². The monoisotopic (exact) mass is 206 g/mol. The lowest BCUT2D eigenvalue weighted by atomic mass is 9.92. The van der Waals surface area contributed by atoms with Gasteiger partial charge in [0.25, 0.3) is 0 Å². The van der Waals surface area contributed by atoms with E-state index < -0.39 is 0 Å². The predicted molar refractivity (Wildman–Crippen MR) is 60.5 cm³/mol. The van der Waals surface area contributed by atoms with E-state index in [1.54, 1.807) is 0 Å². The predicted octanol–water partition coefficient (Wildman–Crippen LogP) is 2.84. The van der Waals surface area contributed by atoms with E-state index in [0.29, 0.717) is 0 Å². The van der Waals surface area contributed by atoms with Crippen LogP contribution in [0.2, 0.25) is 0 Å². The van der Waals surface area contributed by atoms with E-state index in [0.717, 1.165) is 19.3 Å². The maximum atomic E-state index is 11.6. The van der Waals surface area contributed by atoms with Crippen molar-refractivity contribution in [2.75, 3.05) is 0 Å². The van der Waals surface area contributed by atoms with Gasteiger partial charge in [-0.3, -0.25) is 9.59 Å². The van der Waals surface area contributed by atoms with Gasteiger partial charge in [0.15, 0.2) is 0 Å². The summed E-state index contributed by atoms with van der Waals surface area (Å²) in [5, 5.41) is 0. The van der Waals surface area contributed by atoms with Gasteiger partial charge in [-0.2, -0.15) is 0 Å². The minimum atomic E-state index is -0.0417. The van der Waals surface area contributed by atoms with Gasteiger partial charge in [0.1, 0.15) is 11.6 Å². The quantitative estimate of drug-likeness (QED) is 0.648. The van der Waals surface area contributed by atoms with Crippen molar-refractivity contribution >= 4 is 11.6 Å². The molecule has 0 fully saturated rings. The van der Waals surface area contributed by atoms with Gasteiger partial charge in [0.05, 0.1) is 6.42 Å². The molecule has 82 valence electrons. The van der Waals surface area contributed by atoms with Crippen LogP contribution >= 0.6 is 0 Å². The Morgan fingerprint density at radius 3 is 2.67 bits per heavy atom. The first-order valence-corrected chi connectivity index (χ1v) is 5.47. The second kappa shape index (κ2) is 5.64. The second-order valence-corrected chi connectivity index (χ2v) is 4.21. The summed E-state index contributed by atoms with van der Waals surface area (Å²) in [6.07, 6.45) is 9.41. The van der Waals surface area contributed by atoms with Crippen molar-refractivity contribution in [2.24, 2.45) is 5.92 Å². The standard InChI is InChI=1S/C13H18O2/c1-10(13(15)9-11(2)14)8-12-6-4-3-5-7-12/h4,6-7,10H,3,5,8-9H2,1-2H3. The first kappa shape index (κ1) is 11.9. The largest absolute Gasteiger partial charge is 0.300 e. The number of carbonyl (C=O) groups excluding carboxylic acids is 2. The Kier molecular flexibility index (Phi) is 4.47. The number of allylic oxidation sites excluding steroid dienone is 4. The van der Waals surface area contributed by atoms with Gasteiger partial charge in [0, 0.05) is 5.92 Å². The Morgan fingerprint density at radius 1 is 1.40 bits per heavy atom. The number of hydrogen-bond donors (Lipinski definition) is 0. The van der Waals surface area contributed by atoms with Crippen LogP contribution in [-0.2, 0) is 9.59 Å².